The van der Waals surface area contributed by atoms with E-state index in [0.717, 1.165) is 13.0 Å². The number of rotatable bonds is 6. The molecule has 0 radical (unpaired) electrons. The Morgan fingerprint density at radius 3 is 1.52 bits per heavy atom. The van der Waals surface area contributed by atoms with Crippen molar-refractivity contribution in [1.82, 2.24) is 0 Å². The summed E-state index contributed by atoms with van der Waals surface area (Å²) in [5, 5.41) is 0. The third kappa shape index (κ3) is 4.32. The number of hydrogen-bond donors (Lipinski definition) is 1. The smallest absolute Gasteiger partial charge is 0.0471 e. The molecule has 0 heterocycles. The zero-order chi connectivity index (χ0) is 18.7. The fourth-order valence-corrected chi connectivity index (χ4v) is 4.01. The number of benzene rings is 2. The van der Waals surface area contributed by atoms with Crippen molar-refractivity contribution in [2.75, 3.05) is 11.4 Å². The molecule has 0 saturated heterocycles. The van der Waals surface area contributed by atoms with Crippen LogP contribution in [0.25, 0.3) is 0 Å². The molecule has 2 rings (SSSR count). The first-order chi connectivity index (χ1) is 11.7. The van der Waals surface area contributed by atoms with Crippen molar-refractivity contribution >= 4 is 11.4 Å². The highest BCUT2D eigenvalue weighted by atomic mass is 15.2. The van der Waals surface area contributed by atoms with E-state index in [2.05, 4.69) is 77.3 Å². The molecule has 0 aliphatic carbocycles. The summed E-state index contributed by atoms with van der Waals surface area (Å²) in [6.45, 7) is 17.7. The Morgan fingerprint density at radius 2 is 1.20 bits per heavy atom. The lowest BCUT2D eigenvalue weighted by atomic mass is 9.98. The highest BCUT2D eigenvalue weighted by Crippen LogP contribution is 2.37. The van der Waals surface area contributed by atoms with Crippen LogP contribution in [0.5, 0.6) is 0 Å². The van der Waals surface area contributed by atoms with Gasteiger partial charge in [-0.05, 0) is 70.2 Å². The monoisotopic (exact) mass is 336 g/mol. The van der Waals surface area contributed by atoms with Crippen molar-refractivity contribution in [3.63, 3.8) is 0 Å². The maximum atomic E-state index is 6.41. The second kappa shape index (κ2) is 7.88. The molecule has 0 fully saturated rings. The number of nitrogens with two attached hydrogens (primary N) is 1. The largest absolute Gasteiger partial charge is 0.339 e. The van der Waals surface area contributed by atoms with E-state index in [9.17, 15) is 0 Å². The average molecular weight is 337 g/mol. The molecule has 1 atom stereocenters. The van der Waals surface area contributed by atoms with Gasteiger partial charge in [0.05, 0.1) is 0 Å². The Kier molecular flexibility index (Phi) is 6.07. The first-order valence-electron chi connectivity index (χ1n) is 9.04. The molecule has 0 spiro atoms. The van der Waals surface area contributed by atoms with E-state index in [1.807, 2.05) is 6.08 Å². The highest BCUT2D eigenvalue weighted by Gasteiger charge is 2.20. The minimum Gasteiger partial charge on any atom is -0.339 e. The van der Waals surface area contributed by atoms with E-state index in [-0.39, 0.29) is 6.04 Å². The van der Waals surface area contributed by atoms with Gasteiger partial charge < -0.3 is 10.6 Å². The highest BCUT2D eigenvalue weighted by molar-refractivity contribution is 5.74. The molecule has 134 valence electrons. The van der Waals surface area contributed by atoms with Gasteiger partial charge >= 0.3 is 0 Å². The van der Waals surface area contributed by atoms with Crippen LogP contribution in [0, 0.1) is 41.5 Å². The maximum Gasteiger partial charge on any atom is 0.0471 e. The quantitative estimate of drug-likeness (QED) is 0.698. The molecule has 0 aliphatic rings. The van der Waals surface area contributed by atoms with E-state index >= 15 is 0 Å². The lowest BCUT2D eigenvalue weighted by molar-refractivity contribution is 0.678. The van der Waals surface area contributed by atoms with Crippen molar-refractivity contribution < 1.29 is 0 Å². The van der Waals surface area contributed by atoms with Gasteiger partial charge in [0.1, 0.15) is 0 Å². The van der Waals surface area contributed by atoms with Crippen molar-refractivity contribution in [1.29, 1.82) is 0 Å². The van der Waals surface area contributed by atoms with Crippen LogP contribution < -0.4 is 10.6 Å². The molecule has 1 unspecified atom stereocenters. The van der Waals surface area contributed by atoms with Gasteiger partial charge in [-0.25, -0.2) is 0 Å². The first kappa shape index (κ1) is 19.3. The van der Waals surface area contributed by atoms with Crippen LogP contribution in [0.1, 0.15) is 39.8 Å². The molecule has 2 N–H and O–H groups in total. The molecule has 2 nitrogen and oxygen atoms in total. The van der Waals surface area contributed by atoms with Gasteiger partial charge in [0.15, 0.2) is 0 Å². The number of aryl methyl sites for hydroxylation is 6. The fourth-order valence-electron chi connectivity index (χ4n) is 4.01. The Balaban J connectivity index is 2.65. The first-order valence-corrected chi connectivity index (χ1v) is 9.04. The topological polar surface area (TPSA) is 29.3 Å². The summed E-state index contributed by atoms with van der Waals surface area (Å²) in [7, 11) is 0. The molecule has 0 saturated carbocycles. The summed E-state index contributed by atoms with van der Waals surface area (Å²) in [6, 6.07) is 9.08. The minimum absolute atomic E-state index is 0.0534. The summed E-state index contributed by atoms with van der Waals surface area (Å²) in [5.74, 6) is 0. The van der Waals surface area contributed by atoms with Crippen LogP contribution in [-0.2, 0) is 0 Å². The Bertz CT molecular complexity index is 670. The van der Waals surface area contributed by atoms with Gasteiger partial charge in [-0.1, -0.05) is 41.5 Å². The Hall–Kier alpha value is -2.06. The average Bonchev–Trinajstić information content (AvgIpc) is 2.44. The Labute approximate surface area is 153 Å². The van der Waals surface area contributed by atoms with Gasteiger partial charge in [0.2, 0.25) is 0 Å². The summed E-state index contributed by atoms with van der Waals surface area (Å²) < 4.78 is 0. The van der Waals surface area contributed by atoms with Gasteiger partial charge in [0.25, 0.3) is 0 Å². The van der Waals surface area contributed by atoms with Gasteiger partial charge in [-0.15, -0.1) is 6.58 Å². The summed E-state index contributed by atoms with van der Waals surface area (Å²) in [5.41, 5.74) is 16.7. The summed E-state index contributed by atoms with van der Waals surface area (Å²) >= 11 is 0. The second-order valence-electron chi connectivity index (χ2n) is 7.39. The van der Waals surface area contributed by atoms with Crippen LogP contribution in [0.15, 0.2) is 36.9 Å². The van der Waals surface area contributed by atoms with Crippen molar-refractivity contribution in [2.24, 2.45) is 5.73 Å². The lowest BCUT2D eigenvalue weighted by Gasteiger charge is -2.33. The Morgan fingerprint density at radius 1 is 0.840 bits per heavy atom. The molecule has 0 aliphatic heterocycles. The molecule has 2 heteroatoms. The molecular weight excluding hydrogens is 304 g/mol. The molecule has 25 heavy (non-hydrogen) atoms. The van der Waals surface area contributed by atoms with E-state index in [1.54, 1.807) is 0 Å². The van der Waals surface area contributed by atoms with E-state index in [0.29, 0.717) is 0 Å². The zero-order valence-corrected chi connectivity index (χ0v) is 16.6. The van der Waals surface area contributed by atoms with Gasteiger partial charge in [0, 0.05) is 24.0 Å². The molecule has 0 amide bonds. The predicted molar refractivity (Wildman–Crippen MR) is 111 cm³/mol. The zero-order valence-electron chi connectivity index (χ0n) is 16.6. The third-order valence-corrected chi connectivity index (χ3v) is 4.70. The second-order valence-corrected chi connectivity index (χ2v) is 7.39. The van der Waals surface area contributed by atoms with Crippen LogP contribution in [-0.4, -0.2) is 12.6 Å². The van der Waals surface area contributed by atoms with E-state index < -0.39 is 0 Å². The van der Waals surface area contributed by atoms with Crippen LogP contribution in [0.2, 0.25) is 0 Å². The van der Waals surface area contributed by atoms with E-state index in [1.165, 1.54) is 44.8 Å². The fraction of sp³-hybridized carbons (Fsp3) is 0.391. The molecule has 0 bridgehead atoms. The summed E-state index contributed by atoms with van der Waals surface area (Å²) in [4.78, 5) is 2.42. The van der Waals surface area contributed by atoms with Crippen molar-refractivity contribution in [3.05, 3.63) is 70.3 Å². The van der Waals surface area contributed by atoms with Crippen LogP contribution in [0.4, 0.5) is 11.4 Å². The molecular formula is C23H32N2. The molecule has 2 aromatic carbocycles. The number of nitrogens with zero attached hydrogens (tertiary/aromatic N) is 1. The van der Waals surface area contributed by atoms with Crippen molar-refractivity contribution in [2.45, 2.75) is 54.0 Å². The summed E-state index contributed by atoms with van der Waals surface area (Å²) in [6.07, 6.45) is 2.72. The number of anilines is 2. The molecule has 2 aromatic rings. The van der Waals surface area contributed by atoms with Gasteiger partial charge in [-0.3, -0.25) is 0 Å². The van der Waals surface area contributed by atoms with Crippen LogP contribution >= 0.6 is 0 Å². The SMILES string of the molecule is C=CCC(N)CN(c1c(C)cc(C)cc1C)c1c(C)cc(C)cc1C. The molecule has 0 aromatic heterocycles. The van der Waals surface area contributed by atoms with E-state index in [4.69, 9.17) is 5.73 Å². The maximum absolute atomic E-state index is 6.41. The lowest BCUT2D eigenvalue weighted by Crippen LogP contribution is -2.36. The van der Waals surface area contributed by atoms with Crippen LogP contribution in [0.3, 0.4) is 0 Å². The minimum atomic E-state index is 0.0534. The standard InChI is InChI=1S/C23H32N2/c1-8-9-21(24)14-25(22-17(4)10-15(2)11-18(22)5)23-19(6)12-16(3)13-20(23)7/h8,10-13,21H,1,9,14,24H2,2-7H3. The number of hydrogen-bond acceptors (Lipinski definition) is 2. The van der Waals surface area contributed by atoms with Crippen molar-refractivity contribution in [3.8, 4) is 0 Å². The third-order valence-electron chi connectivity index (χ3n) is 4.70. The normalized spacial score (nSPS) is 12.1. The van der Waals surface area contributed by atoms with Gasteiger partial charge in [-0.2, -0.15) is 0 Å². The predicted octanol–water partition coefficient (Wildman–Crippen LogP) is 5.58.